The zero-order chi connectivity index (χ0) is 39.0. The molecule has 2 aliphatic heterocycles. The third kappa shape index (κ3) is 12.6. The number of nitrogens with two attached hydrogens (primary N) is 1. The Hall–Kier alpha value is -2.30. The maximum absolute atomic E-state index is 14.2. The van der Waals surface area contributed by atoms with Gasteiger partial charge in [0.15, 0.2) is 11.6 Å². The fourth-order valence-corrected chi connectivity index (χ4v) is 11.7. The number of Topliss-reactive ketones (excluding diaryl/α,β-unsaturated/α-hetero) is 2. The number of hydrogen-bond donors (Lipinski definition) is 2. The molecule has 1 aromatic rings. The average molecular weight is 820 g/mol. The summed E-state index contributed by atoms with van der Waals surface area (Å²) in [6, 6.07) is 5.68. The Morgan fingerprint density at radius 2 is 1.37 bits per heavy atom. The minimum atomic E-state index is -0.486. The zero-order valence-corrected chi connectivity index (χ0v) is 33.8. The quantitative estimate of drug-likeness (QED) is 0.0478. The predicted octanol–water partition coefficient (Wildman–Crippen LogP) is 6.72. The molecule has 8 nitrogen and oxygen atoms in total. The van der Waals surface area contributed by atoms with Crippen LogP contribution in [-0.4, -0.2) is 106 Å². The number of allylic oxidation sites excluding steroid dienone is 4. The van der Waals surface area contributed by atoms with Crippen molar-refractivity contribution in [3.63, 3.8) is 0 Å². The Morgan fingerprint density at radius 3 is 1.85 bits per heavy atom. The smallest absolute Gasteiger partial charge is 0.157 e. The molecule has 4 atom stereocenters. The normalized spacial score (nSPS) is 25.3. The van der Waals surface area contributed by atoms with E-state index in [4.69, 9.17) is 10.8 Å². The molecule has 5 rings (SSSR count). The van der Waals surface area contributed by atoms with Crippen molar-refractivity contribution >= 4 is 67.3 Å². The number of rotatable bonds is 20. The van der Waals surface area contributed by atoms with Gasteiger partial charge in [0, 0.05) is 77.7 Å². The highest BCUT2D eigenvalue weighted by Gasteiger charge is 2.45. The van der Waals surface area contributed by atoms with E-state index in [-0.39, 0.29) is 52.9 Å². The van der Waals surface area contributed by atoms with Crippen LogP contribution in [0.15, 0.2) is 84.3 Å². The molecule has 0 bridgehead atoms. The summed E-state index contributed by atoms with van der Waals surface area (Å²) in [4.78, 5) is 52.7. The van der Waals surface area contributed by atoms with Gasteiger partial charge in [-0.05, 0) is 74.0 Å². The SMILES string of the molecule is C=C/C(F)=C(\C=C)CN1CCC(SSCCN)/C(=C\C=O)C1C(=O)C1CC1.O=C/C=C1\C(SSCCO)CCN(Cc2ccccc2F)C1C(=O)C1CC1. The van der Waals surface area contributed by atoms with Gasteiger partial charge in [-0.25, -0.2) is 8.78 Å². The molecule has 0 spiro atoms. The number of halogens is 2. The molecular formula is C40H51F2N3O5S4. The number of benzene rings is 1. The molecule has 2 saturated heterocycles. The van der Waals surface area contributed by atoms with Gasteiger partial charge in [-0.15, -0.1) is 0 Å². The van der Waals surface area contributed by atoms with E-state index >= 15 is 0 Å². The molecule has 294 valence electrons. The number of aldehydes is 2. The summed E-state index contributed by atoms with van der Waals surface area (Å²) in [6.07, 6.45) is 12.3. The zero-order valence-electron chi connectivity index (χ0n) is 30.5. The first kappa shape index (κ1) is 44.4. The van der Waals surface area contributed by atoms with Crippen molar-refractivity contribution < 1.29 is 33.1 Å². The minimum Gasteiger partial charge on any atom is -0.395 e. The lowest BCUT2D eigenvalue weighted by molar-refractivity contribution is -0.125. The van der Waals surface area contributed by atoms with Gasteiger partial charge in [-0.2, -0.15) is 0 Å². The molecule has 2 saturated carbocycles. The number of carbonyl (C=O) groups is 4. The largest absolute Gasteiger partial charge is 0.395 e. The van der Waals surface area contributed by atoms with Crippen LogP contribution in [0.2, 0.25) is 0 Å². The molecule has 3 N–H and O–H groups in total. The number of likely N-dealkylation sites (tertiary alicyclic amines) is 2. The fourth-order valence-electron chi connectivity index (χ4n) is 6.68. The summed E-state index contributed by atoms with van der Waals surface area (Å²) < 4.78 is 28.2. The van der Waals surface area contributed by atoms with Crippen LogP contribution in [0.1, 0.15) is 44.1 Å². The van der Waals surface area contributed by atoms with E-state index in [9.17, 15) is 28.0 Å². The first-order valence-electron chi connectivity index (χ1n) is 18.3. The van der Waals surface area contributed by atoms with Crippen LogP contribution in [0.25, 0.3) is 0 Å². The van der Waals surface area contributed by atoms with Crippen LogP contribution in [0, 0.1) is 17.7 Å². The number of carbonyl (C=O) groups excluding carboxylic acids is 4. The van der Waals surface area contributed by atoms with Crippen LogP contribution in [0.3, 0.4) is 0 Å². The molecule has 1 aromatic carbocycles. The number of aliphatic hydroxyl groups is 1. The lowest BCUT2D eigenvalue weighted by atomic mass is 9.89. The highest BCUT2D eigenvalue weighted by molar-refractivity contribution is 8.77. The Labute approximate surface area is 333 Å². The van der Waals surface area contributed by atoms with Crippen LogP contribution >= 0.6 is 43.2 Å². The van der Waals surface area contributed by atoms with Crippen LogP contribution in [-0.2, 0) is 25.7 Å². The molecule has 4 aliphatic rings. The predicted molar refractivity (Wildman–Crippen MR) is 221 cm³/mol. The summed E-state index contributed by atoms with van der Waals surface area (Å²) >= 11 is 0. The van der Waals surface area contributed by atoms with E-state index < -0.39 is 17.9 Å². The number of piperidine rings is 2. The molecule has 0 radical (unpaired) electrons. The maximum atomic E-state index is 14.2. The average Bonchev–Trinajstić information content (AvgIpc) is 4.11. The van der Waals surface area contributed by atoms with E-state index in [0.29, 0.717) is 43.1 Å². The molecule has 54 heavy (non-hydrogen) atoms. The number of nitrogens with zero attached hydrogens (tertiary/aromatic N) is 2. The van der Waals surface area contributed by atoms with Gasteiger partial charge in [0.05, 0.1) is 18.7 Å². The molecule has 14 heteroatoms. The third-order valence-corrected chi connectivity index (χ3v) is 15.4. The number of ketones is 2. The van der Waals surface area contributed by atoms with Crippen molar-refractivity contribution in [2.75, 3.05) is 44.3 Å². The van der Waals surface area contributed by atoms with E-state index in [0.717, 1.165) is 74.1 Å². The summed E-state index contributed by atoms with van der Waals surface area (Å²) in [5.41, 5.74) is 8.19. The molecule has 0 aromatic heterocycles. The van der Waals surface area contributed by atoms with E-state index in [1.54, 1.807) is 61.4 Å². The summed E-state index contributed by atoms with van der Waals surface area (Å²) in [5, 5.41) is 9.15. The van der Waals surface area contributed by atoms with Gasteiger partial charge in [0.1, 0.15) is 24.2 Å². The highest BCUT2D eigenvalue weighted by Crippen LogP contribution is 2.44. The molecule has 2 heterocycles. The summed E-state index contributed by atoms with van der Waals surface area (Å²) in [7, 11) is 6.50. The molecule has 0 amide bonds. The first-order valence-corrected chi connectivity index (χ1v) is 23.1. The highest BCUT2D eigenvalue weighted by atomic mass is 33.1. The molecule has 4 fully saturated rings. The summed E-state index contributed by atoms with van der Waals surface area (Å²) in [5.74, 6) is 1.11. The van der Waals surface area contributed by atoms with Gasteiger partial charge in [-0.1, -0.05) is 80.6 Å². The first-order chi connectivity index (χ1) is 26.2. The summed E-state index contributed by atoms with van der Waals surface area (Å²) in [6.45, 7) is 9.79. The van der Waals surface area contributed by atoms with Crippen molar-refractivity contribution in [2.24, 2.45) is 17.6 Å². The van der Waals surface area contributed by atoms with Crippen molar-refractivity contribution in [3.8, 4) is 0 Å². The Kier molecular flexibility index (Phi) is 19.0. The van der Waals surface area contributed by atoms with Crippen molar-refractivity contribution in [1.29, 1.82) is 0 Å². The van der Waals surface area contributed by atoms with Gasteiger partial charge >= 0.3 is 0 Å². The van der Waals surface area contributed by atoms with Crippen LogP contribution < -0.4 is 5.73 Å². The minimum absolute atomic E-state index is 0.0495. The Morgan fingerprint density at radius 1 is 0.833 bits per heavy atom. The second kappa shape index (κ2) is 23.1. The fraction of sp³-hybridized carbons (Fsp3) is 0.500. The van der Waals surface area contributed by atoms with E-state index in [1.807, 2.05) is 9.80 Å². The molecule has 2 aliphatic carbocycles. The standard InChI is InChI=1S/C20H27FN2O2S2.C20H24FNO3S2/c1-3-14(17(21)4-2)13-23-10-7-18(27-26-12-9-22)16(8-11-24)19(23)20(25)15-5-6-15;21-17-4-2-1-3-15(17)13-22-9-7-18(27-26-12-11-24)16(8-10-23)19(22)20(25)14-5-6-14/h3-4,8,11,15,18-19H,1-2,5-7,9-10,12-13,22H2;1-4,8,10,14,18-19,24H,5-7,9,11-13H2/b16-8+,17-14-;16-8+. The maximum Gasteiger partial charge on any atom is 0.157 e. The Bertz CT molecular complexity index is 1580. The van der Waals surface area contributed by atoms with Crippen LogP contribution in [0.4, 0.5) is 8.78 Å². The Balaban J connectivity index is 0.000000241. The number of aliphatic hydroxyl groups excluding tert-OH is 1. The second-order valence-corrected chi connectivity index (χ2v) is 18.9. The lowest BCUT2D eigenvalue weighted by Crippen LogP contribution is -2.51. The van der Waals surface area contributed by atoms with Gasteiger partial charge in [0.25, 0.3) is 0 Å². The van der Waals surface area contributed by atoms with Crippen molar-refractivity contribution in [3.05, 3.63) is 95.7 Å². The van der Waals surface area contributed by atoms with Gasteiger partial charge in [-0.3, -0.25) is 29.0 Å². The second-order valence-electron chi connectivity index (χ2n) is 13.5. The third-order valence-electron chi connectivity index (χ3n) is 9.66. The molecule has 4 unspecified atom stereocenters. The van der Waals surface area contributed by atoms with Crippen LogP contribution in [0.5, 0.6) is 0 Å². The van der Waals surface area contributed by atoms with Crippen molar-refractivity contribution in [1.82, 2.24) is 9.80 Å². The van der Waals surface area contributed by atoms with Crippen molar-refractivity contribution in [2.45, 2.75) is 67.7 Å². The number of hydrogen-bond acceptors (Lipinski definition) is 12. The molecular weight excluding hydrogens is 769 g/mol. The van der Waals surface area contributed by atoms with Gasteiger partial charge < -0.3 is 10.8 Å². The monoisotopic (exact) mass is 819 g/mol. The van der Waals surface area contributed by atoms with E-state index in [1.165, 1.54) is 24.3 Å². The lowest BCUT2D eigenvalue weighted by Gasteiger charge is -2.40. The van der Waals surface area contributed by atoms with Gasteiger partial charge in [0.2, 0.25) is 0 Å². The van der Waals surface area contributed by atoms with E-state index in [2.05, 4.69) is 13.2 Å². The topological polar surface area (TPSA) is 121 Å².